The lowest BCUT2D eigenvalue weighted by Gasteiger charge is -2.17. The first-order valence-electron chi connectivity index (χ1n) is 8.84. The van der Waals surface area contributed by atoms with Crippen LogP contribution in [0.5, 0.6) is 0 Å². The molecule has 1 unspecified atom stereocenters. The number of rotatable bonds is 6. The predicted molar refractivity (Wildman–Crippen MR) is 91.1 cm³/mol. The number of carbonyl (C=O) groups excluding carboxylic acids is 2. The minimum atomic E-state index is 0.141. The maximum Gasteiger partial charge on any atom is 0.227 e. The first-order chi connectivity index (χ1) is 11.2. The number of amides is 2. The molecule has 1 aliphatic heterocycles. The van der Waals surface area contributed by atoms with Crippen LogP contribution >= 0.6 is 0 Å². The highest BCUT2D eigenvalue weighted by molar-refractivity contribution is 5.95. The molecule has 1 N–H and O–H groups in total. The number of hydrogen-bond acceptors (Lipinski definition) is 2. The van der Waals surface area contributed by atoms with Crippen molar-refractivity contribution >= 4 is 17.5 Å². The van der Waals surface area contributed by atoms with E-state index in [1.807, 2.05) is 35.2 Å². The van der Waals surface area contributed by atoms with E-state index in [1.165, 1.54) is 25.7 Å². The SMILES string of the molecule is O=C(CCC1CCCC1)NCC1CC(=O)N(c2ccccc2)C1. The van der Waals surface area contributed by atoms with Crippen LogP contribution in [0.25, 0.3) is 0 Å². The van der Waals surface area contributed by atoms with E-state index in [2.05, 4.69) is 5.32 Å². The molecule has 4 nitrogen and oxygen atoms in total. The molecular formula is C19H26N2O2. The lowest BCUT2D eigenvalue weighted by Crippen LogP contribution is -2.31. The molecule has 0 bridgehead atoms. The molecule has 0 radical (unpaired) electrons. The van der Waals surface area contributed by atoms with Gasteiger partial charge in [0.2, 0.25) is 11.8 Å². The molecule has 4 heteroatoms. The molecule has 2 aliphatic rings. The molecule has 1 aromatic rings. The fourth-order valence-electron chi connectivity index (χ4n) is 3.76. The summed E-state index contributed by atoms with van der Waals surface area (Å²) in [5, 5.41) is 3.02. The van der Waals surface area contributed by atoms with Gasteiger partial charge in [-0.3, -0.25) is 9.59 Å². The third kappa shape index (κ3) is 4.34. The van der Waals surface area contributed by atoms with E-state index in [4.69, 9.17) is 0 Å². The van der Waals surface area contributed by atoms with E-state index in [-0.39, 0.29) is 17.7 Å². The van der Waals surface area contributed by atoms with Crippen molar-refractivity contribution < 1.29 is 9.59 Å². The molecule has 2 fully saturated rings. The van der Waals surface area contributed by atoms with Crippen LogP contribution < -0.4 is 10.2 Å². The third-order valence-electron chi connectivity index (χ3n) is 5.12. The molecule has 23 heavy (non-hydrogen) atoms. The van der Waals surface area contributed by atoms with Crippen LogP contribution in [0.1, 0.15) is 44.9 Å². The van der Waals surface area contributed by atoms with Gasteiger partial charge in [0.1, 0.15) is 0 Å². The molecule has 1 aliphatic carbocycles. The third-order valence-corrected chi connectivity index (χ3v) is 5.12. The maximum absolute atomic E-state index is 12.1. The largest absolute Gasteiger partial charge is 0.356 e. The van der Waals surface area contributed by atoms with E-state index < -0.39 is 0 Å². The lowest BCUT2D eigenvalue weighted by atomic mass is 10.0. The number of nitrogens with one attached hydrogen (secondary N) is 1. The van der Waals surface area contributed by atoms with Crippen molar-refractivity contribution in [3.63, 3.8) is 0 Å². The summed E-state index contributed by atoms with van der Waals surface area (Å²) in [5.41, 5.74) is 0.951. The molecule has 1 atom stereocenters. The van der Waals surface area contributed by atoms with Crippen LogP contribution in [-0.2, 0) is 9.59 Å². The number of hydrogen-bond donors (Lipinski definition) is 1. The van der Waals surface area contributed by atoms with Gasteiger partial charge in [0.15, 0.2) is 0 Å². The molecule has 1 aromatic carbocycles. The Bertz CT molecular complexity index is 538. The summed E-state index contributed by atoms with van der Waals surface area (Å²) in [6.07, 6.45) is 7.40. The Hall–Kier alpha value is -1.84. The second-order valence-electron chi connectivity index (χ2n) is 6.90. The maximum atomic E-state index is 12.1. The van der Waals surface area contributed by atoms with Crippen molar-refractivity contribution in [3.8, 4) is 0 Å². The van der Waals surface area contributed by atoms with E-state index in [0.717, 1.165) is 18.0 Å². The van der Waals surface area contributed by atoms with Crippen LogP contribution in [0.3, 0.4) is 0 Å². The summed E-state index contributed by atoms with van der Waals surface area (Å²) in [7, 11) is 0. The first-order valence-corrected chi connectivity index (χ1v) is 8.84. The van der Waals surface area contributed by atoms with Crippen molar-refractivity contribution in [2.24, 2.45) is 11.8 Å². The van der Waals surface area contributed by atoms with Crippen molar-refractivity contribution in [3.05, 3.63) is 30.3 Å². The van der Waals surface area contributed by atoms with E-state index in [9.17, 15) is 9.59 Å². The standard InChI is InChI=1S/C19H26N2O2/c22-18(11-10-15-6-4-5-7-15)20-13-16-12-19(23)21(14-16)17-8-2-1-3-9-17/h1-3,8-9,15-16H,4-7,10-14H2,(H,20,22). The topological polar surface area (TPSA) is 49.4 Å². The van der Waals surface area contributed by atoms with Crippen molar-refractivity contribution in [1.82, 2.24) is 5.32 Å². The average Bonchev–Trinajstić information content (AvgIpc) is 3.21. The molecule has 0 spiro atoms. The van der Waals surface area contributed by atoms with Gasteiger partial charge >= 0.3 is 0 Å². The normalized spacial score (nSPS) is 21.8. The van der Waals surface area contributed by atoms with Crippen LogP contribution in [0, 0.1) is 11.8 Å². The second kappa shape index (κ2) is 7.62. The Kier molecular flexibility index (Phi) is 5.31. The Morgan fingerprint density at radius 1 is 1.13 bits per heavy atom. The number of benzene rings is 1. The first kappa shape index (κ1) is 16.0. The van der Waals surface area contributed by atoms with Gasteiger partial charge in [-0.25, -0.2) is 0 Å². The summed E-state index contributed by atoms with van der Waals surface area (Å²) >= 11 is 0. The minimum absolute atomic E-state index is 0.141. The fraction of sp³-hybridized carbons (Fsp3) is 0.579. The molecule has 0 aromatic heterocycles. The van der Waals surface area contributed by atoms with Crippen molar-refractivity contribution in [2.75, 3.05) is 18.0 Å². The highest BCUT2D eigenvalue weighted by atomic mass is 16.2. The summed E-state index contributed by atoms with van der Waals surface area (Å²) < 4.78 is 0. The van der Waals surface area contributed by atoms with E-state index in [0.29, 0.717) is 25.9 Å². The molecule has 1 saturated carbocycles. The molecule has 1 saturated heterocycles. The summed E-state index contributed by atoms with van der Waals surface area (Å²) in [5.74, 6) is 1.27. The van der Waals surface area contributed by atoms with E-state index >= 15 is 0 Å². The zero-order chi connectivity index (χ0) is 16.1. The number of anilines is 1. The average molecular weight is 314 g/mol. The molecule has 1 heterocycles. The van der Waals surface area contributed by atoms with Gasteiger partial charge in [0.25, 0.3) is 0 Å². The van der Waals surface area contributed by atoms with Crippen LogP contribution in [0.15, 0.2) is 30.3 Å². The van der Waals surface area contributed by atoms with Gasteiger partial charge in [-0.05, 0) is 24.5 Å². The lowest BCUT2D eigenvalue weighted by molar-refractivity contribution is -0.122. The Labute approximate surface area is 138 Å². The van der Waals surface area contributed by atoms with E-state index in [1.54, 1.807) is 0 Å². The number of carbonyl (C=O) groups is 2. The van der Waals surface area contributed by atoms with Crippen LogP contribution in [-0.4, -0.2) is 24.9 Å². The van der Waals surface area contributed by atoms with Gasteiger partial charge in [-0.1, -0.05) is 43.9 Å². The zero-order valence-corrected chi connectivity index (χ0v) is 13.7. The quantitative estimate of drug-likeness (QED) is 0.877. The molecule has 124 valence electrons. The monoisotopic (exact) mass is 314 g/mol. The molecule has 3 rings (SSSR count). The van der Waals surface area contributed by atoms with Crippen LogP contribution in [0.4, 0.5) is 5.69 Å². The van der Waals surface area contributed by atoms with Crippen molar-refractivity contribution in [2.45, 2.75) is 44.9 Å². The van der Waals surface area contributed by atoms with Gasteiger partial charge < -0.3 is 10.2 Å². The Morgan fingerprint density at radius 2 is 1.87 bits per heavy atom. The summed E-state index contributed by atoms with van der Waals surface area (Å²) in [4.78, 5) is 26.0. The second-order valence-corrected chi connectivity index (χ2v) is 6.90. The summed E-state index contributed by atoms with van der Waals surface area (Å²) in [6.45, 7) is 1.31. The Balaban J connectivity index is 1.40. The highest BCUT2D eigenvalue weighted by Crippen LogP contribution is 2.28. The fourth-order valence-corrected chi connectivity index (χ4v) is 3.76. The van der Waals surface area contributed by atoms with Gasteiger partial charge in [-0.15, -0.1) is 0 Å². The zero-order valence-electron chi connectivity index (χ0n) is 13.7. The number of nitrogens with zero attached hydrogens (tertiary/aromatic N) is 1. The van der Waals surface area contributed by atoms with Gasteiger partial charge in [0, 0.05) is 37.5 Å². The highest BCUT2D eigenvalue weighted by Gasteiger charge is 2.30. The summed E-state index contributed by atoms with van der Waals surface area (Å²) in [6, 6.07) is 9.76. The number of para-hydroxylation sites is 1. The smallest absolute Gasteiger partial charge is 0.227 e. The minimum Gasteiger partial charge on any atom is -0.356 e. The van der Waals surface area contributed by atoms with Crippen LogP contribution in [0.2, 0.25) is 0 Å². The Morgan fingerprint density at radius 3 is 2.61 bits per heavy atom. The molecule has 2 amide bonds. The van der Waals surface area contributed by atoms with Gasteiger partial charge in [-0.2, -0.15) is 0 Å². The molecular weight excluding hydrogens is 288 g/mol. The predicted octanol–water partition coefficient (Wildman–Crippen LogP) is 3.13. The van der Waals surface area contributed by atoms with Gasteiger partial charge in [0.05, 0.1) is 0 Å². The van der Waals surface area contributed by atoms with Crippen molar-refractivity contribution in [1.29, 1.82) is 0 Å².